The second-order valence-corrected chi connectivity index (χ2v) is 11.3. The average molecular weight is 586 g/mol. The first-order valence-electron chi connectivity index (χ1n) is 13.1. The van der Waals surface area contributed by atoms with Gasteiger partial charge in [-0.3, -0.25) is 13.9 Å². The smallest absolute Gasteiger partial charge is 0.244 e. The number of sulfonamides is 1. The van der Waals surface area contributed by atoms with Crippen molar-refractivity contribution < 1.29 is 31.9 Å². The molecule has 1 atom stereocenters. The van der Waals surface area contributed by atoms with Gasteiger partial charge in [-0.1, -0.05) is 55.5 Å². The van der Waals surface area contributed by atoms with E-state index in [1.807, 2.05) is 37.3 Å². The van der Waals surface area contributed by atoms with Gasteiger partial charge in [0.15, 0.2) is 0 Å². The SMILES string of the molecule is CCCNC(=O)[C@@H](Cc1ccccc1)N(Cc1ccccc1F)C(=O)CN(c1cc(OC)ccc1OC)S(C)(=O)=O. The number of ether oxygens (including phenoxy) is 2. The van der Waals surface area contributed by atoms with Gasteiger partial charge in [-0.25, -0.2) is 12.8 Å². The van der Waals surface area contributed by atoms with Crippen molar-refractivity contribution in [3.05, 3.63) is 89.7 Å². The highest BCUT2D eigenvalue weighted by atomic mass is 32.2. The Labute approximate surface area is 240 Å². The Hall–Kier alpha value is -4.12. The van der Waals surface area contributed by atoms with Gasteiger partial charge in [-0.05, 0) is 30.2 Å². The van der Waals surface area contributed by atoms with Crippen LogP contribution in [0.4, 0.5) is 10.1 Å². The van der Waals surface area contributed by atoms with E-state index < -0.39 is 40.2 Å². The molecule has 220 valence electrons. The predicted octanol–water partition coefficient (Wildman–Crippen LogP) is 3.78. The molecule has 0 saturated carbocycles. The quantitative estimate of drug-likeness (QED) is 0.309. The van der Waals surface area contributed by atoms with Crippen LogP contribution >= 0.6 is 0 Å². The van der Waals surface area contributed by atoms with Gasteiger partial charge >= 0.3 is 0 Å². The van der Waals surface area contributed by atoms with Crippen LogP contribution in [-0.2, 0) is 32.6 Å². The summed E-state index contributed by atoms with van der Waals surface area (Å²) in [4.78, 5) is 28.8. The lowest BCUT2D eigenvalue weighted by Crippen LogP contribution is -2.53. The van der Waals surface area contributed by atoms with E-state index in [0.29, 0.717) is 18.7 Å². The third-order valence-corrected chi connectivity index (χ3v) is 7.58. The molecule has 0 aliphatic carbocycles. The Kier molecular flexibility index (Phi) is 11.1. The molecular weight excluding hydrogens is 549 g/mol. The van der Waals surface area contributed by atoms with E-state index in [1.54, 1.807) is 12.1 Å². The minimum Gasteiger partial charge on any atom is -0.497 e. The summed E-state index contributed by atoms with van der Waals surface area (Å²) in [6.45, 7) is 1.36. The van der Waals surface area contributed by atoms with Crippen LogP contribution in [0.15, 0.2) is 72.8 Å². The van der Waals surface area contributed by atoms with Crippen LogP contribution in [0.1, 0.15) is 24.5 Å². The summed E-state index contributed by atoms with van der Waals surface area (Å²) in [6, 6.07) is 18.6. The molecule has 0 aliphatic rings. The Morgan fingerprint density at radius 3 is 2.27 bits per heavy atom. The molecule has 0 heterocycles. The maximum absolute atomic E-state index is 14.8. The molecule has 0 saturated heterocycles. The third kappa shape index (κ3) is 8.43. The summed E-state index contributed by atoms with van der Waals surface area (Å²) >= 11 is 0. The molecule has 0 unspecified atom stereocenters. The van der Waals surface area contributed by atoms with Crippen LogP contribution in [0.3, 0.4) is 0 Å². The molecule has 9 nitrogen and oxygen atoms in total. The molecule has 2 amide bonds. The van der Waals surface area contributed by atoms with E-state index in [9.17, 15) is 22.4 Å². The van der Waals surface area contributed by atoms with E-state index >= 15 is 0 Å². The number of hydrogen-bond donors (Lipinski definition) is 1. The maximum Gasteiger partial charge on any atom is 0.244 e. The van der Waals surface area contributed by atoms with Crippen molar-refractivity contribution in [2.45, 2.75) is 32.4 Å². The number of benzene rings is 3. The Bertz CT molecular complexity index is 1440. The molecular formula is C30H36FN3O6S. The Balaban J connectivity index is 2.10. The second-order valence-electron chi connectivity index (χ2n) is 9.42. The van der Waals surface area contributed by atoms with Crippen molar-refractivity contribution >= 4 is 27.5 Å². The lowest BCUT2D eigenvalue weighted by Gasteiger charge is -2.33. The van der Waals surface area contributed by atoms with Crippen LogP contribution in [0, 0.1) is 5.82 Å². The van der Waals surface area contributed by atoms with Crippen molar-refractivity contribution in [2.75, 3.05) is 37.9 Å². The van der Waals surface area contributed by atoms with Gasteiger partial charge in [0.05, 0.1) is 26.2 Å². The number of carbonyl (C=O) groups is 2. The van der Waals surface area contributed by atoms with E-state index in [1.165, 1.54) is 49.5 Å². The average Bonchev–Trinajstić information content (AvgIpc) is 2.96. The van der Waals surface area contributed by atoms with Crippen molar-refractivity contribution in [1.82, 2.24) is 10.2 Å². The normalized spacial score (nSPS) is 11.8. The first kappa shape index (κ1) is 31.4. The lowest BCUT2D eigenvalue weighted by atomic mass is 10.0. The fourth-order valence-corrected chi connectivity index (χ4v) is 5.16. The van der Waals surface area contributed by atoms with E-state index in [4.69, 9.17) is 9.47 Å². The maximum atomic E-state index is 14.8. The molecule has 3 rings (SSSR count). The number of amides is 2. The van der Waals surface area contributed by atoms with Gasteiger partial charge in [-0.2, -0.15) is 0 Å². The summed E-state index contributed by atoms with van der Waals surface area (Å²) in [6.07, 6.45) is 1.77. The molecule has 3 aromatic rings. The van der Waals surface area contributed by atoms with Crippen molar-refractivity contribution in [3.63, 3.8) is 0 Å². The Morgan fingerprint density at radius 2 is 1.66 bits per heavy atom. The highest BCUT2D eigenvalue weighted by Gasteiger charge is 2.34. The molecule has 41 heavy (non-hydrogen) atoms. The Morgan fingerprint density at radius 1 is 0.976 bits per heavy atom. The second kappa shape index (κ2) is 14.5. The van der Waals surface area contributed by atoms with E-state index in [2.05, 4.69) is 5.32 Å². The van der Waals surface area contributed by atoms with E-state index in [0.717, 1.165) is 16.1 Å². The number of rotatable bonds is 14. The molecule has 0 spiro atoms. The topological polar surface area (TPSA) is 105 Å². The molecule has 11 heteroatoms. The molecule has 3 aromatic carbocycles. The van der Waals surface area contributed by atoms with Gasteiger partial charge < -0.3 is 19.7 Å². The monoisotopic (exact) mass is 585 g/mol. The van der Waals surface area contributed by atoms with Crippen LogP contribution in [0.25, 0.3) is 0 Å². The van der Waals surface area contributed by atoms with Crippen LogP contribution in [0.5, 0.6) is 11.5 Å². The van der Waals surface area contributed by atoms with Gasteiger partial charge in [0.25, 0.3) is 0 Å². The fourth-order valence-electron chi connectivity index (χ4n) is 4.32. The van der Waals surface area contributed by atoms with Crippen LogP contribution < -0.4 is 19.1 Å². The number of nitrogens with zero attached hydrogens (tertiary/aromatic N) is 2. The first-order valence-corrected chi connectivity index (χ1v) is 15.0. The zero-order valence-corrected chi connectivity index (χ0v) is 24.5. The van der Waals surface area contributed by atoms with Gasteiger partial charge in [0.2, 0.25) is 21.8 Å². The van der Waals surface area contributed by atoms with Crippen molar-refractivity contribution in [3.8, 4) is 11.5 Å². The zero-order valence-electron chi connectivity index (χ0n) is 23.7. The van der Waals surface area contributed by atoms with Gasteiger partial charge in [0, 0.05) is 31.1 Å². The number of halogens is 1. The van der Waals surface area contributed by atoms with Gasteiger partial charge in [-0.15, -0.1) is 0 Å². The third-order valence-electron chi connectivity index (χ3n) is 6.45. The summed E-state index contributed by atoms with van der Waals surface area (Å²) in [5.74, 6) is -1.12. The molecule has 0 aliphatic heterocycles. The minimum absolute atomic E-state index is 0.0867. The predicted molar refractivity (Wildman–Crippen MR) is 156 cm³/mol. The van der Waals surface area contributed by atoms with Crippen molar-refractivity contribution in [1.29, 1.82) is 0 Å². The zero-order chi connectivity index (χ0) is 30.0. The summed E-state index contributed by atoms with van der Waals surface area (Å²) in [7, 11) is -1.22. The highest BCUT2D eigenvalue weighted by molar-refractivity contribution is 7.92. The fraction of sp³-hybridized carbons (Fsp3) is 0.333. The van der Waals surface area contributed by atoms with Gasteiger partial charge in [0.1, 0.15) is 29.9 Å². The number of hydrogen-bond acceptors (Lipinski definition) is 6. The molecule has 0 bridgehead atoms. The molecule has 0 radical (unpaired) electrons. The number of anilines is 1. The molecule has 1 N–H and O–H groups in total. The number of nitrogens with one attached hydrogen (secondary N) is 1. The largest absolute Gasteiger partial charge is 0.497 e. The van der Waals surface area contributed by atoms with Crippen LogP contribution in [-0.4, -0.2) is 64.7 Å². The lowest BCUT2D eigenvalue weighted by molar-refractivity contribution is -0.140. The van der Waals surface area contributed by atoms with Crippen LogP contribution in [0.2, 0.25) is 0 Å². The summed E-state index contributed by atoms with van der Waals surface area (Å²) in [5, 5.41) is 2.84. The van der Waals surface area contributed by atoms with Crippen molar-refractivity contribution in [2.24, 2.45) is 0 Å². The summed E-state index contributed by atoms with van der Waals surface area (Å²) in [5.41, 5.74) is 1.06. The standard InChI is InChI=1S/C30H36FN3O6S/c1-5-17-32-30(36)27(18-22-11-7-6-8-12-22)33(20-23-13-9-10-14-25(23)31)29(35)21-34(41(4,37)38)26-19-24(39-2)15-16-28(26)40-3/h6-16,19,27H,5,17-18,20-21H2,1-4H3,(H,32,36)/t27-/m1/s1. The number of methoxy groups -OCH3 is 2. The first-order chi connectivity index (χ1) is 19.6. The molecule has 0 fully saturated rings. The minimum atomic E-state index is -4.03. The molecule has 0 aromatic heterocycles. The number of carbonyl (C=O) groups excluding carboxylic acids is 2. The van der Waals surface area contributed by atoms with E-state index in [-0.39, 0.29) is 30.0 Å². The summed E-state index contributed by atoms with van der Waals surface area (Å²) < 4.78 is 52.4. The highest BCUT2D eigenvalue weighted by Crippen LogP contribution is 2.34.